The van der Waals surface area contributed by atoms with Crippen LogP contribution in [0.3, 0.4) is 0 Å². The molecule has 0 spiro atoms. The van der Waals surface area contributed by atoms with Crippen LogP contribution < -0.4 is 0 Å². The van der Waals surface area contributed by atoms with Crippen LogP contribution in [-0.2, 0) is 12.8 Å². The Bertz CT molecular complexity index is 857. The van der Waals surface area contributed by atoms with Crippen LogP contribution >= 0.6 is 0 Å². The van der Waals surface area contributed by atoms with Crippen molar-refractivity contribution < 1.29 is 13.2 Å². The topological polar surface area (TPSA) is 0 Å². The molecule has 0 aliphatic heterocycles. The van der Waals surface area contributed by atoms with Crippen LogP contribution in [0.1, 0.15) is 105 Å². The molecule has 0 amide bonds. The second kappa shape index (κ2) is 10.2. The number of rotatable bonds is 7. The molecule has 168 valence electrons. The van der Waals surface area contributed by atoms with E-state index in [1.165, 1.54) is 51.0 Å². The molecular formula is C28H35F3. The normalized spacial score (nSPS) is 23.5. The number of hydrogen-bond acceptors (Lipinski definition) is 0. The van der Waals surface area contributed by atoms with Gasteiger partial charge in [0, 0.05) is 5.56 Å². The number of fused-ring (bicyclic) bond motifs is 1. The maximum Gasteiger partial charge on any atom is 0.129 e. The predicted octanol–water partition coefficient (Wildman–Crippen LogP) is 8.62. The SMILES string of the molecule is CCCCCCC1CCC(c2cc(F)c(C3CCc4cc(F)ccc4C3)c(F)c2)CC1. The van der Waals surface area contributed by atoms with E-state index in [9.17, 15) is 4.39 Å². The molecule has 3 heteroatoms. The summed E-state index contributed by atoms with van der Waals surface area (Å²) in [4.78, 5) is 0. The number of hydrogen-bond donors (Lipinski definition) is 0. The van der Waals surface area contributed by atoms with Crippen LogP contribution in [-0.4, -0.2) is 0 Å². The van der Waals surface area contributed by atoms with Gasteiger partial charge >= 0.3 is 0 Å². The minimum absolute atomic E-state index is 0.175. The van der Waals surface area contributed by atoms with Crippen molar-refractivity contribution >= 4 is 0 Å². The molecule has 0 nitrogen and oxygen atoms in total. The number of benzene rings is 2. The van der Waals surface area contributed by atoms with Crippen molar-refractivity contribution in [3.63, 3.8) is 0 Å². The van der Waals surface area contributed by atoms with Gasteiger partial charge in [-0.05, 0) is 104 Å². The lowest BCUT2D eigenvalue weighted by molar-refractivity contribution is 0.301. The second-order valence-electron chi connectivity index (χ2n) is 9.82. The van der Waals surface area contributed by atoms with Crippen molar-refractivity contribution in [2.75, 3.05) is 0 Å². The molecule has 2 aliphatic carbocycles. The zero-order valence-corrected chi connectivity index (χ0v) is 18.7. The van der Waals surface area contributed by atoms with E-state index in [4.69, 9.17) is 0 Å². The molecule has 1 saturated carbocycles. The van der Waals surface area contributed by atoms with Crippen molar-refractivity contribution in [1.82, 2.24) is 0 Å². The lowest BCUT2D eigenvalue weighted by Gasteiger charge is -2.30. The molecule has 0 aromatic heterocycles. The third kappa shape index (κ3) is 5.35. The molecule has 0 bridgehead atoms. The van der Waals surface area contributed by atoms with Crippen LogP contribution in [0.2, 0.25) is 0 Å². The summed E-state index contributed by atoms with van der Waals surface area (Å²) in [6, 6.07) is 7.97. The fourth-order valence-electron chi connectivity index (χ4n) is 5.84. The van der Waals surface area contributed by atoms with Gasteiger partial charge in [-0.2, -0.15) is 0 Å². The summed E-state index contributed by atoms with van der Waals surface area (Å²) in [7, 11) is 0. The smallest absolute Gasteiger partial charge is 0.129 e. The molecule has 4 rings (SSSR count). The number of unbranched alkanes of at least 4 members (excludes halogenated alkanes) is 3. The summed E-state index contributed by atoms with van der Waals surface area (Å²) in [6.45, 7) is 2.24. The van der Waals surface area contributed by atoms with Crippen molar-refractivity contribution in [2.45, 2.75) is 95.8 Å². The van der Waals surface area contributed by atoms with Crippen LogP contribution in [0.15, 0.2) is 30.3 Å². The highest BCUT2D eigenvalue weighted by Crippen LogP contribution is 2.41. The summed E-state index contributed by atoms with van der Waals surface area (Å²) in [6.07, 6.45) is 12.9. The van der Waals surface area contributed by atoms with Gasteiger partial charge in [0.1, 0.15) is 17.5 Å². The first kappa shape index (κ1) is 22.4. The van der Waals surface area contributed by atoms with Gasteiger partial charge in [-0.25, -0.2) is 13.2 Å². The van der Waals surface area contributed by atoms with Crippen LogP contribution in [0.5, 0.6) is 0 Å². The van der Waals surface area contributed by atoms with Crippen LogP contribution in [0, 0.1) is 23.4 Å². The minimum Gasteiger partial charge on any atom is -0.207 e. The maximum atomic E-state index is 15.1. The second-order valence-corrected chi connectivity index (χ2v) is 9.82. The van der Waals surface area contributed by atoms with E-state index in [-0.39, 0.29) is 23.2 Å². The number of aryl methyl sites for hydroxylation is 1. The lowest BCUT2D eigenvalue weighted by atomic mass is 9.75. The molecular weight excluding hydrogens is 393 g/mol. The van der Waals surface area contributed by atoms with E-state index < -0.39 is 11.6 Å². The lowest BCUT2D eigenvalue weighted by Crippen LogP contribution is -2.17. The molecule has 2 aromatic rings. The summed E-state index contributed by atoms with van der Waals surface area (Å²) >= 11 is 0. The van der Waals surface area contributed by atoms with Crippen molar-refractivity contribution in [2.24, 2.45) is 5.92 Å². The molecule has 0 saturated heterocycles. The van der Waals surface area contributed by atoms with E-state index in [2.05, 4.69) is 6.92 Å². The van der Waals surface area contributed by atoms with Gasteiger partial charge in [-0.1, -0.05) is 45.1 Å². The van der Waals surface area contributed by atoms with Crippen molar-refractivity contribution in [1.29, 1.82) is 0 Å². The van der Waals surface area contributed by atoms with Crippen LogP contribution in [0.25, 0.3) is 0 Å². The fourth-order valence-corrected chi connectivity index (χ4v) is 5.84. The zero-order chi connectivity index (χ0) is 21.8. The van der Waals surface area contributed by atoms with Gasteiger partial charge < -0.3 is 0 Å². The van der Waals surface area contributed by atoms with Crippen molar-refractivity contribution in [3.05, 3.63) is 70.0 Å². The van der Waals surface area contributed by atoms with Gasteiger partial charge in [-0.15, -0.1) is 0 Å². The Labute approximate surface area is 185 Å². The third-order valence-corrected chi connectivity index (χ3v) is 7.69. The van der Waals surface area contributed by atoms with Crippen LogP contribution in [0.4, 0.5) is 13.2 Å². The third-order valence-electron chi connectivity index (χ3n) is 7.69. The predicted molar refractivity (Wildman–Crippen MR) is 121 cm³/mol. The fraction of sp³-hybridized carbons (Fsp3) is 0.571. The maximum absolute atomic E-state index is 15.1. The van der Waals surface area contributed by atoms with Gasteiger partial charge in [0.25, 0.3) is 0 Å². The summed E-state index contributed by atoms with van der Waals surface area (Å²) in [5, 5.41) is 0. The Kier molecular flexibility index (Phi) is 7.40. The van der Waals surface area contributed by atoms with Gasteiger partial charge in [0.15, 0.2) is 0 Å². The van der Waals surface area contributed by atoms with Gasteiger partial charge in [0.2, 0.25) is 0 Å². The number of halogens is 3. The van der Waals surface area contributed by atoms with Gasteiger partial charge in [-0.3, -0.25) is 0 Å². The Morgan fingerprint density at radius 3 is 2.23 bits per heavy atom. The molecule has 31 heavy (non-hydrogen) atoms. The Hall–Kier alpha value is -1.77. The molecule has 1 atom stereocenters. The van der Waals surface area contributed by atoms with Gasteiger partial charge in [0.05, 0.1) is 0 Å². The monoisotopic (exact) mass is 428 g/mol. The standard InChI is InChI=1S/C28H35F3/c1-2-3-4-5-6-19-7-9-20(10-8-19)24-17-26(30)28(27(31)18-24)23-12-11-22-16-25(29)14-13-21(22)15-23/h13-14,16-20,23H,2-12,15H2,1H3. The first-order valence-corrected chi connectivity index (χ1v) is 12.3. The van der Waals surface area contributed by atoms with E-state index in [0.717, 1.165) is 35.4 Å². The summed E-state index contributed by atoms with van der Waals surface area (Å²) < 4.78 is 43.7. The molecule has 1 fully saturated rings. The molecule has 1 unspecified atom stereocenters. The highest BCUT2D eigenvalue weighted by Gasteiger charge is 2.28. The minimum atomic E-state index is -0.396. The molecule has 2 aromatic carbocycles. The highest BCUT2D eigenvalue weighted by molar-refractivity contribution is 5.37. The molecule has 0 heterocycles. The zero-order valence-electron chi connectivity index (χ0n) is 18.7. The first-order valence-electron chi connectivity index (χ1n) is 12.3. The summed E-state index contributed by atoms with van der Waals surface area (Å²) in [5.41, 5.74) is 3.04. The average molecular weight is 429 g/mol. The van der Waals surface area contributed by atoms with E-state index in [1.54, 1.807) is 24.3 Å². The Morgan fingerprint density at radius 1 is 0.774 bits per heavy atom. The molecule has 2 aliphatic rings. The molecule has 0 N–H and O–H groups in total. The summed E-state index contributed by atoms with van der Waals surface area (Å²) in [5.74, 6) is -0.144. The Balaban J connectivity index is 1.40. The average Bonchev–Trinajstić information content (AvgIpc) is 2.76. The van der Waals surface area contributed by atoms with E-state index >= 15 is 8.78 Å². The molecule has 0 radical (unpaired) electrons. The van der Waals surface area contributed by atoms with E-state index in [1.807, 2.05) is 0 Å². The highest BCUT2D eigenvalue weighted by atomic mass is 19.1. The Morgan fingerprint density at radius 2 is 1.52 bits per heavy atom. The van der Waals surface area contributed by atoms with Crippen molar-refractivity contribution in [3.8, 4) is 0 Å². The quantitative estimate of drug-likeness (QED) is 0.387. The van der Waals surface area contributed by atoms with E-state index in [0.29, 0.717) is 19.3 Å². The largest absolute Gasteiger partial charge is 0.207 e. The first-order chi connectivity index (χ1) is 15.0.